The minimum Gasteiger partial charge on any atom is -0.444 e. The van der Waals surface area contributed by atoms with Crippen LogP contribution in [0, 0.1) is 12.7 Å². The van der Waals surface area contributed by atoms with Crippen molar-refractivity contribution in [2.45, 2.75) is 13.0 Å². The van der Waals surface area contributed by atoms with E-state index in [-0.39, 0.29) is 17.8 Å². The summed E-state index contributed by atoms with van der Waals surface area (Å²) in [6.07, 6.45) is 1.55. The van der Waals surface area contributed by atoms with Crippen LogP contribution in [0.1, 0.15) is 28.0 Å². The third-order valence-corrected chi connectivity index (χ3v) is 4.94. The summed E-state index contributed by atoms with van der Waals surface area (Å²) in [5.74, 6) is 0.714. The highest BCUT2D eigenvalue weighted by atomic mass is 19.1. The van der Waals surface area contributed by atoms with Crippen LogP contribution in [0.15, 0.2) is 63.7 Å². The van der Waals surface area contributed by atoms with Crippen molar-refractivity contribution < 1.29 is 18.1 Å². The number of aromatic nitrogens is 3. The second-order valence-electron chi connectivity index (χ2n) is 7.49. The van der Waals surface area contributed by atoms with Gasteiger partial charge in [-0.05, 0) is 50.5 Å². The fraction of sp³-hybridized carbons (Fsp3) is 0.217. The molecule has 0 aliphatic rings. The van der Waals surface area contributed by atoms with E-state index in [9.17, 15) is 9.18 Å². The largest absolute Gasteiger partial charge is 0.444 e. The Morgan fingerprint density at radius 3 is 2.59 bits per heavy atom. The maximum absolute atomic E-state index is 13.2. The van der Waals surface area contributed by atoms with Crippen molar-refractivity contribution in [2.75, 3.05) is 20.6 Å². The van der Waals surface area contributed by atoms with Crippen molar-refractivity contribution in [3.8, 4) is 22.8 Å². The Hall–Kier alpha value is -3.85. The van der Waals surface area contributed by atoms with Gasteiger partial charge in [-0.3, -0.25) is 9.69 Å². The van der Waals surface area contributed by atoms with E-state index in [2.05, 4.69) is 20.4 Å². The van der Waals surface area contributed by atoms with Gasteiger partial charge in [0.05, 0.1) is 11.7 Å². The molecule has 1 unspecified atom stereocenters. The number of nitrogens with one attached hydrogen (secondary N) is 1. The zero-order valence-corrected chi connectivity index (χ0v) is 17.9. The van der Waals surface area contributed by atoms with Gasteiger partial charge in [-0.15, -0.1) is 0 Å². The molecule has 164 valence electrons. The number of benzene rings is 2. The van der Waals surface area contributed by atoms with Crippen LogP contribution in [0.5, 0.6) is 0 Å². The first-order valence-corrected chi connectivity index (χ1v) is 9.97. The molecule has 2 aromatic carbocycles. The second-order valence-corrected chi connectivity index (χ2v) is 7.49. The molecule has 0 radical (unpaired) electrons. The van der Waals surface area contributed by atoms with Gasteiger partial charge in [0, 0.05) is 30.2 Å². The van der Waals surface area contributed by atoms with Gasteiger partial charge in [0.2, 0.25) is 17.6 Å². The van der Waals surface area contributed by atoms with Crippen LogP contribution in [0.25, 0.3) is 22.8 Å². The molecule has 1 atom stereocenters. The summed E-state index contributed by atoms with van der Waals surface area (Å²) in [4.78, 5) is 23.4. The lowest BCUT2D eigenvalue weighted by molar-refractivity contribution is 0.0941. The van der Waals surface area contributed by atoms with Crippen molar-refractivity contribution in [3.05, 3.63) is 77.8 Å². The highest BCUT2D eigenvalue weighted by Gasteiger charge is 2.21. The number of hydrogen-bond donors (Lipinski definition) is 1. The minimum atomic E-state index is -0.326. The van der Waals surface area contributed by atoms with Gasteiger partial charge in [0.1, 0.15) is 12.1 Å². The number of halogens is 1. The Labute approximate surface area is 184 Å². The Kier molecular flexibility index (Phi) is 6.09. The summed E-state index contributed by atoms with van der Waals surface area (Å²) in [6, 6.07) is 12.7. The molecule has 4 rings (SSSR count). The van der Waals surface area contributed by atoms with E-state index >= 15 is 0 Å². The van der Waals surface area contributed by atoms with E-state index in [0.717, 1.165) is 0 Å². The van der Waals surface area contributed by atoms with E-state index in [1.165, 1.54) is 12.1 Å². The molecule has 32 heavy (non-hydrogen) atoms. The van der Waals surface area contributed by atoms with Crippen LogP contribution >= 0.6 is 0 Å². The molecule has 2 aromatic heterocycles. The van der Waals surface area contributed by atoms with Crippen molar-refractivity contribution in [2.24, 2.45) is 0 Å². The lowest BCUT2D eigenvalue weighted by Crippen LogP contribution is -2.34. The summed E-state index contributed by atoms with van der Waals surface area (Å²) < 4.78 is 23.8. The quantitative estimate of drug-likeness (QED) is 0.471. The molecule has 2 heterocycles. The summed E-state index contributed by atoms with van der Waals surface area (Å²) in [5, 5.41) is 6.83. The third kappa shape index (κ3) is 4.73. The van der Waals surface area contributed by atoms with E-state index in [4.69, 9.17) is 8.94 Å². The monoisotopic (exact) mass is 435 g/mol. The molecule has 9 heteroatoms. The van der Waals surface area contributed by atoms with Gasteiger partial charge in [-0.1, -0.05) is 17.3 Å². The first-order chi connectivity index (χ1) is 15.4. The average Bonchev–Trinajstić information content (AvgIpc) is 3.44. The molecule has 0 fully saturated rings. The number of oxazole rings is 1. The molecule has 0 aliphatic heterocycles. The molecule has 8 nitrogen and oxygen atoms in total. The standard InChI is InChI=1S/C23H22FN5O3/c1-14-26-21(28-32-14)16-5-4-6-17(11-16)22(30)25-12-20(29(2)3)19-13-31-23(27-19)15-7-9-18(24)10-8-15/h4-11,13,20H,12H2,1-3H3,(H,25,30). The van der Waals surface area contributed by atoms with Crippen LogP contribution in [0.4, 0.5) is 4.39 Å². The smallest absolute Gasteiger partial charge is 0.251 e. The number of aryl methyl sites for hydroxylation is 1. The van der Waals surface area contributed by atoms with Crippen LogP contribution in [0.2, 0.25) is 0 Å². The number of rotatable bonds is 7. The number of hydrogen-bond acceptors (Lipinski definition) is 7. The summed E-state index contributed by atoms with van der Waals surface area (Å²) in [5.41, 5.74) is 2.51. The number of carbonyl (C=O) groups excluding carboxylic acids is 1. The SMILES string of the molecule is Cc1nc(-c2cccc(C(=O)NCC(c3coc(-c4ccc(F)cc4)n3)N(C)C)c2)no1. The fourth-order valence-electron chi connectivity index (χ4n) is 3.22. The maximum Gasteiger partial charge on any atom is 0.251 e. The third-order valence-electron chi connectivity index (χ3n) is 4.94. The number of nitrogens with zero attached hydrogens (tertiary/aromatic N) is 4. The minimum absolute atomic E-state index is 0.222. The van der Waals surface area contributed by atoms with Crippen LogP contribution in [0.3, 0.4) is 0 Å². The Bertz CT molecular complexity index is 1220. The zero-order valence-electron chi connectivity index (χ0n) is 17.9. The molecule has 4 aromatic rings. The Morgan fingerprint density at radius 2 is 1.91 bits per heavy atom. The number of carbonyl (C=O) groups is 1. The average molecular weight is 435 g/mol. The molecule has 0 spiro atoms. The second kappa shape index (κ2) is 9.11. The van der Waals surface area contributed by atoms with E-state index < -0.39 is 0 Å². The molecule has 0 saturated carbocycles. The lowest BCUT2D eigenvalue weighted by atomic mass is 10.1. The molecule has 0 bridgehead atoms. The zero-order chi connectivity index (χ0) is 22.7. The summed E-state index contributed by atoms with van der Waals surface area (Å²) in [6.45, 7) is 2.02. The Balaban J connectivity index is 1.46. The summed E-state index contributed by atoms with van der Waals surface area (Å²) >= 11 is 0. The Morgan fingerprint density at radius 1 is 1.12 bits per heavy atom. The van der Waals surface area contributed by atoms with Gasteiger partial charge < -0.3 is 14.3 Å². The maximum atomic E-state index is 13.2. The van der Waals surface area contributed by atoms with Crippen LogP contribution < -0.4 is 5.32 Å². The fourth-order valence-corrected chi connectivity index (χ4v) is 3.22. The van der Waals surface area contributed by atoms with Gasteiger partial charge in [-0.2, -0.15) is 4.98 Å². The van der Waals surface area contributed by atoms with Gasteiger partial charge in [-0.25, -0.2) is 9.37 Å². The van der Waals surface area contributed by atoms with Crippen molar-refractivity contribution in [1.29, 1.82) is 0 Å². The van der Waals surface area contributed by atoms with Gasteiger partial charge >= 0.3 is 0 Å². The predicted octanol–water partition coefficient (Wildman–Crippen LogP) is 3.87. The van der Waals surface area contributed by atoms with Gasteiger partial charge in [0.15, 0.2) is 0 Å². The molecule has 1 amide bonds. The molecule has 0 aliphatic carbocycles. The number of amides is 1. The van der Waals surface area contributed by atoms with Gasteiger partial charge in [0.25, 0.3) is 5.91 Å². The highest BCUT2D eigenvalue weighted by molar-refractivity contribution is 5.95. The topological polar surface area (TPSA) is 97.3 Å². The van der Waals surface area contributed by atoms with Crippen molar-refractivity contribution >= 4 is 5.91 Å². The van der Waals surface area contributed by atoms with Crippen molar-refractivity contribution in [1.82, 2.24) is 25.3 Å². The van der Waals surface area contributed by atoms with Crippen molar-refractivity contribution in [3.63, 3.8) is 0 Å². The van der Waals surface area contributed by atoms with E-state index in [1.807, 2.05) is 25.1 Å². The molecule has 1 N–H and O–H groups in total. The molecular weight excluding hydrogens is 413 g/mol. The predicted molar refractivity (Wildman–Crippen MR) is 115 cm³/mol. The lowest BCUT2D eigenvalue weighted by Gasteiger charge is -2.22. The molecule has 0 saturated heterocycles. The number of likely N-dealkylation sites (N-methyl/N-ethyl adjacent to an activating group) is 1. The highest BCUT2D eigenvalue weighted by Crippen LogP contribution is 2.24. The van der Waals surface area contributed by atoms with Crippen LogP contribution in [-0.4, -0.2) is 46.6 Å². The first kappa shape index (κ1) is 21.4. The van der Waals surface area contributed by atoms with E-state index in [0.29, 0.717) is 46.5 Å². The van der Waals surface area contributed by atoms with E-state index in [1.54, 1.807) is 43.5 Å². The van der Waals surface area contributed by atoms with Crippen LogP contribution in [-0.2, 0) is 0 Å². The first-order valence-electron chi connectivity index (χ1n) is 9.97. The summed E-state index contributed by atoms with van der Waals surface area (Å²) in [7, 11) is 3.78. The molecular formula is C23H22FN5O3. The normalized spacial score (nSPS) is 12.2.